The van der Waals surface area contributed by atoms with Crippen LogP contribution in [-0.4, -0.2) is 0 Å². The van der Waals surface area contributed by atoms with E-state index < -0.39 is 0 Å². The van der Waals surface area contributed by atoms with Gasteiger partial charge in [-0.3, -0.25) is 0 Å². The lowest BCUT2D eigenvalue weighted by Crippen LogP contribution is -1.82. The van der Waals surface area contributed by atoms with Gasteiger partial charge in [0.25, 0.3) is 0 Å². The molecule has 0 saturated heterocycles. The first-order valence-electron chi connectivity index (χ1n) is 3.64. The van der Waals surface area contributed by atoms with Gasteiger partial charge < -0.3 is 0 Å². The molecule has 0 unspecified atom stereocenters. The minimum Gasteiger partial charge on any atom is -0.144 e. The minimum atomic E-state index is 0.450. The zero-order valence-electron chi connectivity index (χ0n) is 6.48. The highest BCUT2D eigenvalue weighted by molar-refractivity contribution is 9.10. The van der Waals surface area contributed by atoms with Gasteiger partial charge in [-0.15, -0.1) is 22.9 Å². The van der Waals surface area contributed by atoms with Crippen LogP contribution in [0.5, 0.6) is 0 Å². The molecular formula is C9H5BrCl2S. The zero-order chi connectivity index (χ0) is 9.42. The monoisotopic (exact) mass is 294 g/mol. The Morgan fingerprint density at radius 1 is 1.46 bits per heavy atom. The highest BCUT2D eigenvalue weighted by Gasteiger charge is 2.09. The average Bonchev–Trinajstić information content (AvgIpc) is 2.54. The Hall–Kier alpha value is 0.240. The van der Waals surface area contributed by atoms with E-state index in [1.165, 1.54) is 4.70 Å². The standard InChI is InChI=1S/C9H5BrCl2S/c10-7-3-8-5(1-2-13-8)6(4-11)9(7)12/h1-3H,4H2. The van der Waals surface area contributed by atoms with Crippen molar-refractivity contribution in [3.05, 3.63) is 32.6 Å². The number of benzene rings is 1. The third-order valence-electron chi connectivity index (χ3n) is 1.89. The molecule has 0 spiro atoms. The molecule has 4 heteroatoms. The molecule has 0 bridgehead atoms. The topological polar surface area (TPSA) is 0 Å². The van der Waals surface area contributed by atoms with Gasteiger partial charge in [-0.25, -0.2) is 0 Å². The van der Waals surface area contributed by atoms with Crippen molar-refractivity contribution in [1.29, 1.82) is 0 Å². The van der Waals surface area contributed by atoms with E-state index in [1.807, 2.05) is 11.4 Å². The average molecular weight is 296 g/mol. The predicted molar refractivity (Wildman–Crippen MR) is 64.1 cm³/mol. The van der Waals surface area contributed by atoms with Crippen LogP contribution in [0.25, 0.3) is 10.1 Å². The fraction of sp³-hybridized carbons (Fsp3) is 0.111. The number of hydrogen-bond acceptors (Lipinski definition) is 1. The summed E-state index contributed by atoms with van der Waals surface area (Å²) in [5.74, 6) is 0.450. The van der Waals surface area contributed by atoms with Gasteiger partial charge in [0.15, 0.2) is 0 Å². The second kappa shape index (κ2) is 3.77. The summed E-state index contributed by atoms with van der Waals surface area (Å²) in [6, 6.07) is 4.08. The van der Waals surface area contributed by atoms with E-state index >= 15 is 0 Å². The van der Waals surface area contributed by atoms with Crippen molar-refractivity contribution in [1.82, 2.24) is 0 Å². The Morgan fingerprint density at radius 2 is 2.23 bits per heavy atom. The molecule has 0 N–H and O–H groups in total. The van der Waals surface area contributed by atoms with Crippen molar-refractivity contribution in [2.45, 2.75) is 5.88 Å². The molecule has 68 valence electrons. The molecule has 1 aromatic heterocycles. The lowest BCUT2D eigenvalue weighted by Gasteiger charge is -2.04. The highest BCUT2D eigenvalue weighted by atomic mass is 79.9. The maximum absolute atomic E-state index is 6.10. The fourth-order valence-electron chi connectivity index (χ4n) is 1.25. The van der Waals surface area contributed by atoms with Crippen LogP contribution in [0.4, 0.5) is 0 Å². The first kappa shape index (κ1) is 9.78. The Labute approximate surface area is 98.6 Å². The van der Waals surface area contributed by atoms with Gasteiger partial charge in [0.05, 0.1) is 5.02 Å². The molecule has 0 aliphatic heterocycles. The number of halogens is 3. The second-order valence-corrected chi connectivity index (χ2v) is 5.06. The number of rotatable bonds is 1. The Kier molecular flexibility index (Phi) is 2.84. The van der Waals surface area contributed by atoms with E-state index in [9.17, 15) is 0 Å². The van der Waals surface area contributed by atoms with Crippen molar-refractivity contribution < 1.29 is 0 Å². The lowest BCUT2D eigenvalue weighted by molar-refractivity contribution is 1.45. The highest BCUT2D eigenvalue weighted by Crippen LogP contribution is 2.36. The zero-order valence-corrected chi connectivity index (χ0v) is 10.4. The van der Waals surface area contributed by atoms with E-state index in [2.05, 4.69) is 22.0 Å². The molecule has 1 aromatic carbocycles. The van der Waals surface area contributed by atoms with Crippen LogP contribution in [0, 0.1) is 0 Å². The SMILES string of the molecule is ClCc1c(Cl)c(Br)cc2sccc12. The number of fused-ring (bicyclic) bond motifs is 1. The van der Waals surface area contributed by atoms with Crippen LogP contribution >= 0.6 is 50.5 Å². The van der Waals surface area contributed by atoms with E-state index in [0.29, 0.717) is 5.88 Å². The smallest absolute Gasteiger partial charge is 0.0599 e. The second-order valence-electron chi connectivity index (χ2n) is 2.62. The van der Waals surface area contributed by atoms with Gasteiger partial charge in [0.1, 0.15) is 0 Å². The molecule has 2 aromatic rings. The first-order valence-corrected chi connectivity index (χ1v) is 6.22. The predicted octanol–water partition coefficient (Wildman–Crippen LogP) is 5.06. The molecule has 0 aliphatic carbocycles. The molecule has 2 rings (SSSR count). The fourth-order valence-corrected chi connectivity index (χ4v) is 3.30. The molecule has 0 radical (unpaired) electrons. The molecule has 13 heavy (non-hydrogen) atoms. The third kappa shape index (κ3) is 1.61. The molecule has 0 amide bonds. The largest absolute Gasteiger partial charge is 0.144 e. The van der Waals surface area contributed by atoms with E-state index in [-0.39, 0.29) is 0 Å². The van der Waals surface area contributed by atoms with Gasteiger partial charge >= 0.3 is 0 Å². The molecule has 0 fully saturated rings. The van der Waals surface area contributed by atoms with Crippen LogP contribution in [0.2, 0.25) is 5.02 Å². The van der Waals surface area contributed by atoms with Crippen LogP contribution in [0.15, 0.2) is 22.0 Å². The number of thiophene rings is 1. The summed E-state index contributed by atoms with van der Waals surface area (Å²) in [6.45, 7) is 0. The first-order chi connectivity index (χ1) is 6.24. The summed E-state index contributed by atoms with van der Waals surface area (Å²) in [7, 11) is 0. The summed E-state index contributed by atoms with van der Waals surface area (Å²) in [5.41, 5.74) is 1.01. The Bertz CT molecular complexity index is 450. The van der Waals surface area contributed by atoms with Crippen molar-refractivity contribution >= 4 is 60.6 Å². The van der Waals surface area contributed by atoms with Crippen LogP contribution in [0.1, 0.15) is 5.56 Å². The molecular weight excluding hydrogens is 291 g/mol. The molecule has 0 saturated carbocycles. The number of alkyl halides is 1. The van der Waals surface area contributed by atoms with Crippen molar-refractivity contribution in [2.75, 3.05) is 0 Å². The summed E-state index contributed by atoms with van der Waals surface area (Å²) < 4.78 is 2.13. The van der Waals surface area contributed by atoms with Gasteiger partial charge in [0.2, 0.25) is 0 Å². The molecule has 0 atom stereocenters. The summed E-state index contributed by atoms with van der Waals surface area (Å²) in [5, 5.41) is 3.93. The summed E-state index contributed by atoms with van der Waals surface area (Å²) in [4.78, 5) is 0. The van der Waals surface area contributed by atoms with Crippen molar-refractivity contribution in [3.8, 4) is 0 Å². The van der Waals surface area contributed by atoms with Crippen LogP contribution in [0.3, 0.4) is 0 Å². The minimum absolute atomic E-state index is 0.450. The van der Waals surface area contributed by atoms with E-state index in [0.717, 1.165) is 20.4 Å². The van der Waals surface area contributed by atoms with Crippen molar-refractivity contribution in [3.63, 3.8) is 0 Å². The quantitative estimate of drug-likeness (QED) is 0.645. The summed E-state index contributed by atoms with van der Waals surface area (Å²) in [6.07, 6.45) is 0. The van der Waals surface area contributed by atoms with Gasteiger partial charge in [-0.2, -0.15) is 0 Å². The maximum Gasteiger partial charge on any atom is 0.0599 e. The molecule has 0 nitrogen and oxygen atoms in total. The van der Waals surface area contributed by atoms with Crippen LogP contribution in [-0.2, 0) is 5.88 Å². The summed E-state index contributed by atoms with van der Waals surface area (Å²) >= 11 is 17.0. The van der Waals surface area contributed by atoms with Gasteiger partial charge in [-0.1, -0.05) is 11.6 Å². The van der Waals surface area contributed by atoms with E-state index in [4.69, 9.17) is 23.2 Å². The normalized spacial score (nSPS) is 11.0. The maximum atomic E-state index is 6.10. The lowest BCUT2D eigenvalue weighted by atomic mass is 10.1. The van der Waals surface area contributed by atoms with Crippen molar-refractivity contribution in [2.24, 2.45) is 0 Å². The Morgan fingerprint density at radius 3 is 2.92 bits per heavy atom. The third-order valence-corrected chi connectivity index (χ3v) is 4.30. The van der Waals surface area contributed by atoms with Crippen LogP contribution < -0.4 is 0 Å². The Balaban J connectivity index is 2.87. The van der Waals surface area contributed by atoms with E-state index in [1.54, 1.807) is 11.3 Å². The number of hydrogen-bond donors (Lipinski definition) is 0. The van der Waals surface area contributed by atoms with Gasteiger partial charge in [-0.05, 0) is 44.4 Å². The molecule has 0 aliphatic rings. The van der Waals surface area contributed by atoms with Gasteiger partial charge in [0, 0.05) is 15.1 Å². The molecule has 1 heterocycles.